The second-order valence-corrected chi connectivity index (χ2v) is 3.79. The number of H-pyrrole nitrogens is 1. The second-order valence-electron chi connectivity index (χ2n) is 3.79. The van der Waals surface area contributed by atoms with Crippen LogP contribution < -0.4 is 11.1 Å². The van der Waals surface area contributed by atoms with Gasteiger partial charge in [0.05, 0.1) is 6.04 Å². The molecule has 0 radical (unpaired) electrons. The molecule has 94 valence electrons. The van der Waals surface area contributed by atoms with Crippen LogP contribution in [-0.2, 0) is 0 Å². The number of halogens is 1. The smallest absolute Gasteiger partial charge is 0.289 e. The predicted octanol–water partition coefficient (Wildman–Crippen LogP) is 1.02. The van der Waals surface area contributed by atoms with E-state index in [4.69, 9.17) is 5.73 Å². The number of carbonyl (C=O) groups is 1. The Bertz CT molecular complexity index is 551. The maximum atomic E-state index is 12.8. The lowest BCUT2D eigenvalue weighted by Gasteiger charge is -2.12. The zero-order valence-electron chi connectivity index (χ0n) is 9.64. The van der Waals surface area contributed by atoms with Crippen LogP contribution >= 0.6 is 0 Å². The number of nitrogens with one attached hydrogen (secondary N) is 2. The van der Waals surface area contributed by atoms with Gasteiger partial charge in [-0.1, -0.05) is 12.1 Å². The first-order valence-corrected chi connectivity index (χ1v) is 5.30. The van der Waals surface area contributed by atoms with Gasteiger partial charge in [-0.15, -0.1) is 5.10 Å². The first kappa shape index (κ1) is 12.0. The average Bonchev–Trinajstić information content (AvgIpc) is 2.76. The van der Waals surface area contributed by atoms with E-state index in [-0.39, 0.29) is 23.6 Å². The number of hydrogen-bond acceptors (Lipinski definition) is 4. The van der Waals surface area contributed by atoms with E-state index in [1.54, 1.807) is 19.1 Å². The van der Waals surface area contributed by atoms with Crippen molar-refractivity contribution in [3.05, 3.63) is 41.5 Å². The lowest BCUT2D eigenvalue weighted by Crippen LogP contribution is -2.27. The standard InChI is InChI=1S/C11H12FN5O/c1-6(7-2-4-8(12)5-3-7)14-10(18)9-15-11(13)17-16-9/h2-6H,1H3,(H,14,18)(H3,13,15,16,17)/t6-/m0/s1. The highest BCUT2D eigenvalue weighted by atomic mass is 19.1. The summed E-state index contributed by atoms with van der Waals surface area (Å²) in [7, 11) is 0. The molecule has 0 fully saturated rings. The lowest BCUT2D eigenvalue weighted by atomic mass is 10.1. The van der Waals surface area contributed by atoms with Gasteiger partial charge >= 0.3 is 0 Å². The van der Waals surface area contributed by atoms with Gasteiger partial charge in [0.1, 0.15) is 5.82 Å². The molecule has 1 aromatic heterocycles. The Balaban J connectivity index is 2.05. The van der Waals surface area contributed by atoms with Crippen LogP contribution in [0.5, 0.6) is 0 Å². The molecule has 0 saturated carbocycles. The van der Waals surface area contributed by atoms with E-state index in [1.165, 1.54) is 12.1 Å². The number of hydrogen-bond donors (Lipinski definition) is 3. The van der Waals surface area contributed by atoms with Gasteiger partial charge in [0, 0.05) is 0 Å². The third-order valence-corrected chi connectivity index (χ3v) is 2.44. The average molecular weight is 249 g/mol. The normalized spacial score (nSPS) is 12.1. The molecule has 2 rings (SSSR count). The van der Waals surface area contributed by atoms with Crippen molar-refractivity contribution < 1.29 is 9.18 Å². The van der Waals surface area contributed by atoms with Crippen LogP contribution in [0, 0.1) is 5.82 Å². The summed E-state index contributed by atoms with van der Waals surface area (Å²) < 4.78 is 12.8. The molecule has 6 nitrogen and oxygen atoms in total. The summed E-state index contributed by atoms with van der Waals surface area (Å²) in [5.41, 5.74) is 6.09. The molecule has 0 spiro atoms. The molecule has 2 aromatic rings. The fourth-order valence-electron chi connectivity index (χ4n) is 1.48. The quantitative estimate of drug-likeness (QED) is 0.756. The van der Waals surface area contributed by atoms with Crippen molar-refractivity contribution in [3.63, 3.8) is 0 Å². The van der Waals surface area contributed by atoms with Crippen molar-refractivity contribution in [2.45, 2.75) is 13.0 Å². The molecule has 1 amide bonds. The molecular weight excluding hydrogens is 237 g/mol. The van der Waals surface area contributed by atoms with Gasteiger partial charge in [-0.05, 0) is 24.6 Å². The fraction of sp³-hybridized carbons (Fsp3) is 0.182. The van der Waals surface area contributed by atoms with E-state index >= 15 is 0 Å². The van der Waals surface area contributed by atoms with Gasteiger partial charge < -0.3 is 11.1 Å². The van der Waals surface area contributed by atoms with E-state index in [0.717, 1.165) is 5.56 Å². The Hall–Kier alpha value is -2.44. The van der Waals surface area contributed by atoms with Crippen molar-refractivity contribution in [2.24, 2.45) is 0 Å². The molecule has 0 unspecified atom stereocenters. The summed E-state index contributed by atoms with van der Waals surface area (Å²) in [6, 6.07) is 5.61. The van der Waals surface area contributed by atoms with Gasteiger partial charge in [-0.25, -0.2) is 4.39 Å². The van der Waals surface area contributed by atoms with Gasteiger partial charge in [0.25, 0.3) is 5.91 Å². The summed E-state index contributed by atoms with van der Waals surface area (Å²) in [6.07, 6.45) is 0. The summed E-state index contributed by atoms with van der Waals surface area (Å²) >= 11 is 0. The number of benzene rings is 1. The Morgan fingerprint density at radius 1 is 1.44 bits per heavy atom. The van der Waals surface area contributed by atoms with E-state index in [9.17, 15) is 9.18 Å². The molecule has 0 aliphatic heterocycles. The molecule has 0 aliphatic rings. The van der Waals surface area contributed by atoms with Crippen LogP contribution in [0.4, 0.5) is 10.3 Å². The van der Waals surface area contributed by atoms with Crippen LogP contribution in [0.25, 0.3) is 0 Å². The van der Waals surface area contributed by atoms with Crippen molar-refractivity contribution in [1.82, 2.24) is 20.5 Å². The minimum atomic E-state index is -0.420. The van der Waals surface area contributed by atoms with Crippen LogP contribution in [0.2, 0.25) is 0 Å². The fourth-order valence-corrected chi connectivity index (χ4v) is 1.48. The van der Waals surface area contributed by atoms with Gasteiger partial charge in [-0.2, -0.15) is 4.98 Å². The Morgan fingerprint density at radius 3 is 2.67 bits per heavy atom. The van der Waals surface area contributed by atoms with Crippen LogP contribution in [-0.4, -0.2) is 21.1 Å². The minimum absolute atomic E-state index is 0.00888. The molecule has 1 atom stereocenters. The maximum Gasteiger partial charge on any atom is 0.289 e. The lowest BCUT2D eigenvalue weighted by molar-refractivity contribution is 0.0930. The predicted molar refractivity (Wildman–Crippen MR) is 63.1 cm³/mol. The first-order valence-electron chi connectivity index (χ1n) is 5.30. The largest absolute Gasteiger partial charge is 0.366 e. The number of rotatable bonds is 3. The Labute approximate surface area is 102 Å². The third-order valence-electron chi connectivity index (χ3n) is 2.44. The highest BCUT2D eigenvalue weighted by Gasteiger charge is 2.14. The maximum absolute atomic E-state index is 12.8. The SMILES string of the molecule is C[C@H](NC(=O)c1nc(N)n[nH]1)c1ccc(F)cc1. The molecule has 0 aliphatic carbocycles. The number of nitrogens with two attached hydrogens (primary N) is 1. The van der Waals surface area contributed by atoms with Crippen LogP contribution in [0.15, 0.2) is 24.3 Å². The number of nitrogens with zero attached hydrogens (tertiary/aromatic N) is 2. The zero-order valence-corrected chi connectivity index (χ0v) is 9.64. The van der Waals surface area contributed by atoms with Gasteiger partial charge in [0.2, 0.25) is 11.8 Å². The molecular formula is C11H12FN5O. The van der Waals surface area contributed by atoms with Crippen molar-refractivity contribution in [3.8, 4) is 0 Å². The summed E-state index contributed by atoms with van der Waals surface area (Å²) in [4.78, 5) is 15.4. The van der Waals surface area contributed by atoms with Gasteiger partial charge in [0.15, 0.2) is 0 Å². The van der Waals surface area contributed by atoms with Crippen molar-refractivity contribution in [1.29, 1.82) is 0 Å². The minimum Gasteiger partial charge on any atom is -0.366 e. The number of carbonyl (C=O) groups excluding carboxylic acids is 1. The van der Waals surface area contributed by atoms with E-state index in [0.29, 0.717) is 0 Å². The number of aromatic nitrogens is 3. The summed E-state index contributed by atoms with van der Waals surface area (Å²) in [6.45, 7) is 1.78. The van der Waals surface area contributed by atoms with E-state index in [1.807, 2.05) is 0 Å². The monoisotopic (exact) mass is 249 g/mol. The zero-order chi connectivity index (χ0) is 13.1. The molecule has 4 N–H and O–H groups in total. The number of amides is 1. The van der Waals surface area contributed by atoms with E-state index in [2.05, 4.69) is 20.5 Å². The second kappa shape index (κ2) is 4.82. The van der Waals surface area contributed by atoms with E-state index < -0.39 is 5.91 Å². The molecule has 0 saturated heterocycles. The Kier molecular flexibility index (Phi) is 3.22. The molecule has 1 aromatic carbocycles. The summed E-state index contributed by atoms with van der Waals surface area (Å²) in [5.74, 6) is -0.688. The van der Waals surface area contributed by atoms with Crippen molar-refractivity contribution >= 4 is 11.9 Å². The highest BCUT2D eigenvalue weighted by Crippen LogP contribution is 2.13. The number of anilines is 1. The summed E-state index contributed by atoms with van der Waals surface area (Å²) in [5, 5.41) is 8.67. The first-order chi connectivity index (χ1) is 8.56. The van der Waals surface area contributed by atoms with Gasteiger partial charge in [-0.3, -0.25) is 9.89 Å². The third kappa shape index (κ3) is 2.62. The van der Waals surface area contributed by atoms with Crippen LogP contribution in [0.3, 0.4) is 0 Å². The van der Waals surface area contributed by atoms with Crippen LogP contribution in [0.1, 0.15) is 29.1 Å². The number of aromatic amines is 1. The molecule has 18 heavy (non-hydrogen) atoms. The van der Waals surface area contributed by atoms with Crippen molar-refractivity contribution in [2.75, 3.05) is 5.73 Å². The molecule has 1 heterocycles. The molecule has 7 heteroatoms. The topological polar surface area (TPSA) is 96.7 Å². The Morgan fingerprint density at radius 2 is 2.11 bits per heavy atom. The highest BCUT2D eigenvalue weighted by molar-refractivity contribution is 5.90. The molecule has 0 bridgehead atoms. The number of nitrogen functional groups attached to an aromatic ring is 1.